The second-order valence-electron chi connectivity index (χ2n) is 12.8. The lowest BCUT2D eigenvalue weighted by Gasteiger charge is -2.47. The van der Waals surface area contributed by atoms with Gasteiger partial charge in [0.2, 0.25) is 5.78 Å². The molecule has 0 amide bonds. The van der Waals surface area contributed by atoms with Gasteiger partial charge in [-0.2, -0.15) is 0 Å². The number of aliphatic hydroxyl groups is 2. The zero-order valence-electron chi connectivity index (χ0n) is 26.5. The van der Waals surface area contributed by atoms with E-state index in [1.165, 1.54) is 6.07 Å². The highest BCUT2D eigenvalue weighted by Gasteiger charge is 2.63. The first kappa shape index (κ1) is 33.3. The zero-order valence-corrected chi connectivity index (χ0v) is 26.5. The number of Topliss-reactive ketones (excluding diaryl/α,β-unsaturated/α-hetero) is 2. The average molecular weight is 664 g/mol. The molecule has 1 aromatic heterocycles. The van der Waals surface area contributed by atoms with E-state index < -0.39 is 52.9 Å². The van der Waals surface area contributed by atoms with E-state index in [4.69, 9.17) is 19.7 Å². The zero-order chi connectivity index (χ0) is 33.7. The largest absolute Gasteiger partial charge is 0.573 e. The normalized spacial score (nSPS) is 25.7. The second-order valence-corrected chi connectivity index (χ2v) is 12.8. The van der Waals surface area contributed by atoms with Crippen LogP contribution in [-0.2, 0) is 13.0 Å². The molecule has 2 aromatic rings. The van der Waals surface area contributed by atoms with Gasteiger partial charge in [0, 0.05) is 29.2 Å². The Morgan fingerprint density at radius 1 is 1.11 bits per heavy atom. The van der Waals surface area contributed by atoms with Gasteiger partial charge >= 0.3 is 6.36 Å². The summed E-state index contributed by atoms with van der Waals surface area (Å²) in [6.45, 7) is 5.88. The Labute approximate surface area is 269 Å². The van der Waals surface area contributed by atoms with Crippen LogP contribution in [0, 0.1) is 11.8 Å². The highest BCUT2D eigenvalue weighted by molar-refractivity contribution is 6.16. The topological polar surface area (TPSA) is 158 Å². The van der Waals surface area contributed by atoms with Crippen molar-refractivity contribution in [3.63, 3.8) is 0 Å². The number of carbonyl (C=O) groups excluding carboxylic acids is 2. The Kier molecular flexibility index (Phi) is 9.05. The average Bonchev–Trinajstić information content (AvgIpc) is 3.69. The highest BCUT2D eigenvalue weighted by Crippen LogP contribution is 2.56. The molecule has 0 spiro atoms. The number of halogens is 3. The van der Waals surface area contributed by atoms with Crippen molar-refractivity contribution in [2.75, 3.05) is 26.3 Å². The number of aliphatic hydroxyl groups excluding tert-OH is 1. The van der Waals surface area contributed by atoms with Crippen molar-refractivity contribution in [3.05, 3.63) is 45.4 Å². The summed E-state index contributed by atoms with van der Waals surface area (Å²) in [5.74, 6) is -5.39. The number of nitrogens with zero attached hydrogens (tertiary/aromatic N) is 2. The van der Waals surface area contributed by atoms with Crippen molar-refractivity contribution in [2.45, 2.75) is 89.8 Å². The smallest absolute Gasteiger partial charge is 0.508 e. The van der Waals surface area contributed by atoms with E-state index in [1.54, 1.807) is 0 Å². The van der Waals surface area contributed by atoms with Gasteiger partial charge in [-0.25, -0.2) is 0 Å². The van der Waals surface area contributed by atoms with Crippen molar-refractivity contribution in [1.82, 2.24) is 10.1 Å². The number of hydrogen-bond acceptors (Lipinski definition) is 11. The number of carbonyl (C=O) groups is 2. The first-order valence-corrected chi connectivity index (χ1v) is 16.3. The number of alkyl halides is 3. The molecule has 1 aliphatic heterocycles. The van der Waals surface area contributed by atoms with Crippen molar-refractivity contribution in [2.24, 2.45) is 17.6 Å². The maximum absolute atomic E-state index is 14.4. The van der Waals surface area contributed by atoms with Crippen LogP contribution in [0.5, 0.6) is 17.4 Å². The number of nitrogens with two attached hydrogens (primary N) is 1. The summed E-state index contributed by atoms with van der Waals surface area (Å²) in [6, 6.07) is 0.263. The molecule has 4 N–H and O–H groups in total. The molecule has 1 fully saturated rings. The minimum absolute atomic E-state index is 0.00480. The number of allylic oxidation sites excluding steroid dienone is 1. The van der Waals surface area contributed by atoms with Crippen molar-refractivity contribution >= 4 is 11.6 Å². The molecule has 256 valence electrons. The summed E-state index contributed by atoms with van der Waals surface area (Å²) in [5.41, 5.74) is 3.48. The Balaban J connectivity index is 1.48. The SMILES string of the molecule is CCCCOc1cc(CN2CCCC2)c(OC(F)(F)F)c2c1C(=O)C1=C(O)[C@]3(O)C(=O)c4c(OCCCC)noc4[C@@H](N)[C@@H]3C[C@@H]1C2. The number of rotatable bonds is 11. The van der Waals surface area contributed by atoms with E-state index >= 15 is 0 Å². The lowest BCUT2D eigenvalue weighted by molar-refractivity contribution is -0.275. The monoisotopic (exact) mass is 663 g/mol. The van der Waals surface area contributed by atoms with Gasteiger partial charge in [-0.05, 0) is 68.8 Å². The van der Waals surface area contributed by atoms with Gasteiger partial charge in [0.05, 0.1) is 24.8 Å². The Hall–Kier alpha value is -3.62. The predicted octanol–water partition coefficient (Wildman–Crippen LogP) is 5.34. The van der Waals surface area contributed by atoms with E-state index in [0.29, 0.717) is 25.9 Å². The van der Waals surface area contributed by atoms with Crippen LogP contribution in [0.15, 0.2) is 21.9 Å². The van der Waals surface area contributed by atoms with Gasteiger partial charge in [0.25, 0.3) is 5.88 Å². The summed E-state index contributed by atoms with van der Waals surface area (Å²) < 4.78 is 63.5. The fourth-order valence-electron chi connectivity index (χ4n) is 7.40. The Morgan fingerprint density at radius 2 is 1.79 bits per heavy atom. The van der Waals surface area contributed by atoms with Crippen LogP contribution in [0.4, 0.5) is 13.2 Å². The molecular weight excluding hydrogens is 623 g/mol. The second kappa shape index (κ2) is 12.8. The first-order chi connectivity index (χ1) is 22.4. The molecular formula is C33H40F3N3O8. The Morgan fingerprint density at radius 3 is 2.45 bits per heavy atom. The fraction of sp³-hybridized carbons (Fsp3) is 0.606. The van der Waals surface area contributed by atoms with Crippen LogP contribution in [0.25, 0.3) is 0 Å². The number of ketones is 2. The molecule has 0 radical (unpaired) electrons. The van der Waals surface area contributed by atoms with E-state index in [9.17, 15) is 33.0 Å². The quantitative estimate of drug-likeness (QED) is 0.267. The molecule has 1 aromatic carbocycles. The number of benzene rings is 1. The summed E-state index contributed by atoms with van der Waals surface area (Å²) >= 11 is 0. The lowest BCUT2D eigenvalue weighted by atomic mass is 9.59. The van der Waals surface area contributed by atoms with Crippen LogP contribution in [0.1, 0.15) is 102 Å². The van der Waals surface area contributed by atoms with Crippen molar-refractivity contribution in [1.29, 1.82) is 0 Å². The standard InChI is InChI=1S/C33H40F3N3O8/c1-3-5-11-44-21-15-18(16-39-9-7-8-10-39)27(46-33(34,35)36)19-13-17-14-20-25(37)28-24(31(38-47-28)45-12-6-4-2)30(42)32(20,43)29(41)22(17)26(40)23(19)21/h15,17,20,25,41,43H,3-14,16,37H2,1-2H3/t17-,20-,25-,32-/m0/s1. The van der Waals surface area contributed by atoms with Gasteiger partial charge in [-0.1, -0.05) is 26.7 Å². The maximum Gasteiger partial charge on any atom is 0.573 e. The van der Waals surface area contributed by atoms with Gasteiger partial charge in [-0.15, -0.1) is 13.2 Å². The number of fused-ring (bicyclic) bond motifs is 4. The van der Waals surface area contributed by atoms with Crippen LogP contribution in [0.2, 0.25) is 0 Å². The van der Waals surface area contributed by atoms with Gasteiger partial charge < -0.3 is 34.7 Å². The summed E-state index contributed by atoms with van der Waals surface area (Å²) in [6.07, 6.45) is -0.651. The number of aromatic nitrogens is 1. The van der Waals surface area contributed by atoms with Gasteiger partial charge in [-0.3, -0.25) is 14.5 Å². The highest BCUT2D eigenvalue weighted by atomic mass is 19.4. The molecule has 4 aliphatic rings. The number of hydrogen-bond donors (Lipinski definition) is 3. The van der Waals surface area contributed by atoms with Crippen molar-refractivity contribution in [3.8, 4) is 17.4 Å². The maximum atomic E-state index is 14.4. The number of likely N-dealkylation sites (tertiary alicyclic amines) is 1. The van der Waals surface area contributed by atoms with Crippen LogP contribution >= 0.6 is 0 Å². The van der Waals surface area contributed by atoms with Crippen LogP contribution in [-0.4, -0.2) is 70.1 Å². The molecule has 0 saturated carbocycles. The van der Waals surface area contributed by atoms with Crippen LogP contribution < -0.4 is 19.9 Å². The summed E-state index contributed by atoms with van der Waals surface area (Å²) in [5, 5.41) is 27.5. The van der Waals surface area contributed by atoms with E-state index in [-0.39, 0.29) is 77.8 Å². The molecule has 1 saturated heterocycles. The van der Waals surface area contributed by atoms with E-state index in [2.05, 4.69) is 9.89 Å². The fourth-order valence-corrected chi connectivity index (χ4v) is 7.40. The molecule has 11 nitrogen and oxygen atoms in total. The predicted molar refractivity (Wildman–Crippen MR) is 160 cm³/mol. The first-order valence-electron chi connectivity index (χ1n) is 16.3. The molecule has 14 heteroatoms. The third-order valence-corrected chi connectivity index (χ3v) is 9.74. The molecule has 0 bridgehead atoms. The molecule has 3 aliphatic carbocycles. The minimum atomic E-state index is -5.05. The Bertz CT molecular complexity index is 1580. The van der Waals surface area contributed by atoms with Gasteiger partial charge in [0.1, 0.15) is 22.8 Å². The van der Waals surface area contributed by atoms with E-state index in [1.807, 2.05) is 18.7 Å². The third-order valence-electron chi connectivity index (χ3n) is 9.74. The van der Waals surface area contributed by atoms with E-state index in [0.717, 1.165) is 25.7 Å². The molecule has 0 unspecified atom stereocenters. The molecule has 4 atom stereocenters. The number of unbranched alkanes of at least 4 members (excludes halogenated alkanes) is 2. The van der Waals surface area contributed by atoms with Crippen molar-refractivity contribution < 1.29 is 51.7 Å². The number of ether oxygens (including phenoxy) is 3. The molecule has 47 heavy (non-hydrogen) atoms. The van der Waals surface area contributed by atoms with Crippen LogP contribution in [0.3, 0.4) is 0 Å². The molecule has 6 rings (SSSR count). The third kappa shape index (κ3) is 5.78. The lowest BCUT2D eigenvalue weighted by Crippen LogP contribution is -2.58. The van der Waals surface area contributed by atoms with Gasteiger partial charge in [0.15, 0.2) is 17.1 Å². The summed E-state index contributed by atoms with van der Waals surface area (Å²) in [4.78, 5) is 30.4. The minimum Gasteiger partial charge on any atom is -0.508 e. The summed E-state index contributed by atoms with van der Waals surface area (Å²) in [7, 11) is 0. The molecule has 2 heterocycles.